The molecule has 2 fully saturated rings. The van der Waals surface area contributed by atoms with Crippen molar-refractivity contribution < 1.29 is 0 Å². The Labute approximate surface area is 136 Å². The first-order valence-electron chi connectivity index (χ1n) is 8.77. The standard InChI is InChI=1S/C20H24N2O/c21-18(14-8-9-14)11-16-12-22-19(15-4-2-1-3-5-15)17(20(16)23)10-13-6-7-13/h1-5,12-14,18H,6-11,21H2,(H,22,23). The maximum atomic E-state index is 13.0. The van der Waals surface area contributed by atoms with Gasteiger partial charge < -0.3 is 10.7 Å². The molecule has 2 aliphatic carbocycles. The third kappa shape index (κ3) is 3.25. The summed E-state index contributed by atoms with van der Waals surface area (Å²) in [6, 6.07) is 10.3. The largest absolute Gasteiger partial charge is 0.360 e. The SMILES string of the molecule is NC(Cc1c[nH]c(-c2ccccc2)c(CC2CC2)c1=O)C1CC1. The van der Waals surface area contributed by atoms with Gasteiger partial charge in [0.15, 0.2) is 5.43 Å². The summed E-state index contributed by atoms with van der Waals surface area (Å²) in [5, 5.41) is 0. The van der Waals surface area contributed by atoms with Crippen molar-refractivity contribution in [2.45, 2.75) is 44.6 Å². The highest BCUT2D eigenvalue weighted by Crippen LogP contribution is 2.35. The summed E-state index contributed by atoms with van der Waals surface area (Å²) in [6.45, 7) is 0. The van der Waals surface area contributed by atoms with Crippen molar-refractivity contribution in [2.24, 2.45) is 17.6 Å². The third-order valence-electron chi connectivity index (χ3n) is 5.19. The highest BCUT2D eigenvalue weighted by molar-refractivity contribution is 5.63. The average molecular weight is 308 g/mol. The molecule has 1 aromatic heterocycles. The summed E-state index contributed by atoms with van der Waals surface area (Å²) in [6.07, 6.45) is 8.42. The van der Waals surface area contributed by atoms with Crippen LogP contribution in [-0.2, 0) is 12.8 Å². The molecule has 4 rings (SSSR count). The number of aromatic nitrogens is 1. The van der Waals surface area contributed by atoms with Gasteiger partial charge in [-0.2, -0.15) is 0 Å². The average Bonchev–Trinajstić information content (AvgIpc) is 3.46. The van der Waals surface area contributed by atoms with Crippen molar-refractivity contribution in [1.29, 1.82) is 0 Å². The van der Waals surface area contributed by atoms with Gasteiger partial charge in [-0.15, -0.1) is 0 Å². The Morgan fingerprint density at radius 3 is 2.52 bits per heavy atom. The fraction of sp³-hybridized carbons (Fsp3) is 0.450. The zero-order valence-electron chi connectivity index (χ0n) is 13.4. The zero-order valence-corrected chi connectivity index (χ0v) is 13.4. The van der Waals surface area contributed by atoms with E-state index in [2.05, 4.69) is 17.1 Å². The van der Waals surface area contributed by atoms with Gasteiger partial charge in [0.2, 0.25) is 0 Å². The van der Waals surface area contributed by atoms with Crippen molar-refractivity contribution in [3.63, 3.8) is 0 Å². The van der Waals surface area contributed by atoms with Crippen LogP contribution in [0.4, 0.5) is 0 Å². The van der Waals surface area contributed by atoms with Crippen LogP contribution in [0.1, 0.15) is 36.8 Å². The highest BCUT2D eigenvalue weighted by atomic mass is 16.1. The number of hydrogen-bond donors (Lipinski definition) is 2. The van der Waals surface area contributed by atoms with Crippen LogP contribution in [0, 0.1) is 11.8 Å². The van der Waals surface area contributed by atoms with Gasteiger partial charge >= 0.3 is 0 Å². The maximum absolute atomic E-state index is 13.0. The summed E-state index contributed by atoms with van der Waals surface area (Å²) in [5.74, 6) is 1.31. The minimum Gasteiger partial charge on any atom is -0.360 e. The maximum Gasteiger partial charge on any atom is 0.188 e. The van der Waals surface area contributed by atoms with E-state index in [-0.39, 0.29) is 11.5 Å². The molecule has 1 unspecified atom stereocenters. The molecule has 2 aromatic rings. The lowest BCUT2D eigenvalue weighted by atomic mass is 9.96. The normalized spacial score (nSPS) is 18.8. The van der Waals surface area contributed by atoms with E-state index in [4.69, 9.17) is 5.73 Å². The predicted molar refractivity (Wildman–Crippen MR) is 93.3 cm³/mol. The summed E-state index contributed by atoms with van der Waals surface area (Å²) in [4.78, 5) is 16.4. The lowest BCUT2D eigenvalue weighted by Crippen LogP contribution is -2.29. The molecule has 1 atom stereocenters. The molecule has 2 saturated carbocycles. The van der Waals surface area contributed by atoms with Gasteiger partial charge in [0.05, 0.1) is 5.69 Å². The van der Waals surface area contributed by atoms with Crippen LogP contribution in [0.3, 0.4) is 0 Å². The number of rotatable bonds is 6. The van der Waals surface area contributed by atoms with Crippen molar-refractivity contribution in [3.05, 3.63) is 57.9 Å². The molecule has 3 nitrogen and oxygen atoms in total. The van der Waals surface area contributed by atoms with Gasteiger partial charge in [-0.3, -0.25) is 4.79 Å². The topological polar surface area (TPSA) is 58.9 Å². The summed E-state index contributed by atoms with van der Waals surface area (Å²) in [7, 11) is 0. The van der Waals surface area contributed by atoms with E-state index < -0.39 is 0 Å². The van der Waals surface area contributed by atoms with Crippen molar-refractivity contribution in [1.82, 2.24) is 4.98 Å². The fourth-order valence-corrected chi connectivity index (χ4v) is 3.38. The Balaban J connectivity index is 1.71. The first-order chi connectivity index (χ1) is 11.2. The molecule has 0 aliphatic heterocycles. The van der Waals surface area contributed by atoms with Crippen LogP contribution in [0.2, 0.25) is 0 Å². The van der Waals surface area contributed by atoms with Gasteiger partial charge in [-0.05, 0) is 55.9 Å². The molecule has 23 heavy (non-hydrogen) atoms. The van der Waals surface area contributed by atoms with Gasteiger partial charge in [0, 0.05) is 23.4 Å². The number of nitrogens with two attached hydrogens (primary N) is 1. The van der Waals surface area contributed by atoms with Crippen molar-refractivity contribution >= 4 is 0 Å². The molecule has 1 heterocycles. The molecule has 1 aromatic carbocycles. The molecule has 0 radical (unpaired) electrons. The molecular weight excluding hydrogens is 284 g/mol. The van der Waals surface area contributed by atoms with Crippen molar-refractivity contribution in [3.8, 4) is 11.3 Å². The molecule has 0 amide bonds. The molecule has 0 spiro atoms. The van der Waals surface area contributed by atoms with Crippen LogP contribution in [0.15, 0.2) is 41.3 Å². The van der Waals surface area contributed by atoms with E-state index in [0.29, 0.717) is 18.3 Å². The Bertz CT molecular complexity index is 742. The molecule has 0 saturated heterocycles. The molecule has 0 bridgehead atoms. The van der Waals surface area contributed by atoms with Gasteiger partial charge in [-0.25, -0.2) is 0 Å². The Kier molecular flexibility index (Phi) is 3.82. The van der Waals surface area contributed by atoms with Crippen LogP contribution in [-0.4, -0.2) is 11.0 Å². The minimum absolute atomic E-state index is 0.132. The fourth-order valence-electron chi connectivity index (χ4n) is 3.38. The summed E-state index contributed by atoms with van der Waals surface area (Å²) >= 11 is 0. The van der Waals surface area contributed by atoms with Gasteiger partial charge in [-0.1, -0.05) is 30.3 Å². The zero-order chi connectivity index (χ0) is 15.8. The minimum atomic E-state index is 0.132. The molecular formula is C20H24N2O. The number of aromatic amines is 1. The van der Waals surface area contributed by atoms with Gasteiger partial charge in [0.1, 0.15) is 0 Å². The third-order valence-corrected chi connectivity index (χ3v) is 5.19. The summed E-state index contributed by atoms with van der Waals surface area (Å²) < 4.78 is 0. The first-order valence-corrected chi connectivity index (χ1v) is 8.77. The van der Waals surface area contributed by atoms with Crippen LogP contribution in [0.5, 0.6) is 0 Å². The van der Waals surface area contributed by atoms with E-state index >= 15 is 0 Å². The Morgan fingerprint density at radius 2 is 1.87 bits per heavy atom. The van der Waals surface area contributed by atoms with E-state index in [1.807, 2.05) is 24.4 Å². The molecule has 120 valence electrons. The first kappa shape index (κ1) is 14.7. The van der Waals surface area contributed by atoms with Crippen LogP contribution < -0.4 is 11.2 Å². The van der Waals surface area contributed by atoms with E-state index in [1.54, 1.807) is 0 Å². The second kappa shape index (κ2) is 5.97. The molecule has 3 N–H and O–H groups in total. The smallest absolute Gasteiger partial charge is 0.188 e. The number of hydrogen-bond acceptors (Lipinski definition) is 2. The number of nitrogens with one attached hydrogen (secondary N) is 1. The van der Waals surface area contributed by atoms with E-state index in [9.17, 15) is 4.79 Å². The Morgan fingerprint density at radius 1 is 1.13 bits per heavy atom. The molecule has 3 heteroatoms. The van der Waals surface area contributed by atoms with Crippen molar-refractivity contribution in [2.75, 3.05) is 0 Å². The lowest BCUT2D eigenvalue weighted by molar-refractivity contribution is 0.588. The monoisotopic (exact) mass is 308 g/mol. The molecule has 2 aliphatic rings. The second-order valence-electron chi connectivity index (χ2n) is 7.22. The van der Waals surface area contributed by atoms with Crippen LogP contribution >= 0.6 is 0 Å². The van der Waals surface area contributed by atoms with E-state index in [0.717, 1.165) is 28.8 Å². The Hall–Kier alpha value is -1.87. The summed E-state index contributed by atoms with van der Waals surface area (Å²) in [5.41, 5.74) is 10.4. The highest BCUT2D eigenvalue weighted by Gasteiger charge is 2.30. The predicted octanol–water partition coefficient (Wildman–Crippen LogP) is 3.27. The second-order valence-corrected chi connectivity index (χ2v) is 7.22. The number of H-pyrrole nitrogens is 1. The van der Waals surface area contributed by atoms with E-state index in [1.165, 1.54) is 25.7 Å². The quantitative estimate of drug-likeness (QED) is 0.860. The number of pyridine rings is 1. The number of benzene rings is 1. The lowest BCUT2D eigenvalue weighted by Gasteiger charge is -2.14. The van der Waals surface area contributed by atoms with Crippen LogP contribution in [0.25, 0.3) is 11.3 Å². The van der Waals surface area contributed by atoms with Gasteiger partial charge in [0.25, 0.3) is 0 Å².